The monoisotopic (exact) mass is 280 g/mol. The lowest BCUT2D eigenvalue weighted by Gasteiger charge is -2.43. The van der Waals surface area contributed by atoms with Crippen LogP contribution in [0, 0.1) is 0 Å². The van der Waals surface area contributed by atoms with Crippen LogP contribution in [0.3, 0.4) is 0 Å². The van der Waals surface area contributed by atoms with E-state index in [1.807, 2.05) is 0 Å². The molecule has 0 aromatic heterocycles. The summed E-state index contributed by atoms with van der Waals surface area (Å²) in [6.07, 6.45) is 7.50. The molecule has 0 N–H and O–H groups in total. The van der Waals surface area contributed by atoms with Crippen molar-refractivity contribution in [3.05, 3.63) is 12.2 Å². The number of rotatable bonds is 6. The van der Waals surface area contributed by atoms with Gasteiger partial charge in [-0.15, -0.1) is 0 Å². The van der Waals surface area contributed by atoms with E-state index in [1.54, 1.807) is 0 Å². The normalized spacial score (nSPS) is 24.1. The van der Waals surface area contributed by atoms with E-state index in [2.05, 4.69) is 77.3 Å². The Kier molecular flexibility index (Phi) is 6.74. The lowest BCUT2D eigenvalue weighted by molar-refractivity contribution is 0.0938. The number of hydrogen-bond acceptors (Lipinski definition) is 2. The lowest BCUT2D eigenvalue weighted by atomic mass is 9.93. The van der Waals surface area contributed by atoms with Crippen LogP contribution in [-0.4, -0.2) is 46.1 Å². The third-order valence-electron chi connectivity index (χ3n) is 4.46. The van der Waals surface area contributed by atoms with Crippen LogP contribution < -0.4 is 0 Å². The van der Waals surface area contributed by atoms with Gasteiger partial charge in [-0.25, -0.2) is 0 Å². The highest BCUT2D eigenvalue weighted by Gasteiger charge is 2.29. The zero-order valence-electron chi connectivity index (χ0n) is 14.9. The smallest absolute Gasteiger partial charge is 0.0284 e. The Morgan fingerprint density at radius 1 is 0.600 bits per heavy atom. The summed E-state index contributed by atoms with van der Waals surface area (Å²) in [4.78, 5) is 5.28. The summed E-state index contributed by atoms with van der Waals surface area (Å²) in [5, 5.41) is 0. The standard InChI is InChI=1S/C18H36N2/c1-13(2)19(14(3)4)17-9-11-18(12-10-17)20(15(5)6)16(7)8/h9,11,13-18H,10,12H2,1-8H3/t17-,18-/m1/s1. The second-order valence-electron chi connectivity index (χ2n) is 7.37. The predicted octanol–water partition coefficient (Wildman–Crippen LogP) is 4.31. The maximum atomic E-state index is 2.64. The van der Waals surface area contributed by atoms with Crippen LogP contribution in [-0.2, 0) is 0 Å². The average molecular weight is 281 g/mol. The quantitative estimate of drug-likeness (QED) is 0.669. The SMILES string of the molecule is CC(C)N(C(C)C)[C@@H]1C=C[C@@H](N(C(C)C)C(C)C)CC1. The van der Waals surface area contributed by atoms with E-state index in [0.29, 0.717) is 36.3 Å². The first kappa shape index (κ1) is 17.7. The van der Waals surface area contributed by atoms with Crippen molar-refractivity contribution in [2.75, 3.05) is 0 Å². The molecule has 0 amide bonds. The molecule has 1 aliphatic rings. The van der Waals surface area contributed by atoms with E-state index >= 15 is 0 Å². The molecule has 1 rings (SSSR count). The van der Waals surface area contributed by atoms with Gasteiger partial charge in [0.15, 0.2) is 0 Å². The van der Waals surface area contributed by atoms with Crippen molar-refractivity contribution >= 4 is 0 Å². The minimum Gasteiger partial charge on any atom is -0.292 e. The molecule has 0 bridgehead atoms. The van der Waals surface area contributed by atoms with Crippen LogP contribution in [0.2, 0.25) is 0 Å². The van der Waals surface area contributed by atoms with Gasteiger partial charge in [0.1, 0.15) is 0 Å². The highest BCUT2D eigenvalue weighted by atomic mass is 15.2. The number of hydrogen-bond donors (Lipinski definition) is 0. The Hall–Kier alpha value is -0.340. The molecular weight excluding hydrogens is 244 g/mol. The van der Waals surface area contributed by atoms with E-state index in [4.69, 9.17) is 0 Å². The molecule has 0 heterocycles. The van der Waals surface area contributed by atoms with Gasteiger partial charge in [0.25, 0.3) is 0 Å². The van der Waals surface area contributed by atoms with Crippen LogP contribution in [0.15, 0.2) is 12.2 Å². The van der Waals surface area contributed by atoms with E-state index in [9.17, 15) is 0 Å². The Labute approximate surface area is 127 Å². The fraction of sp³-hybridized carbons (Fsp3) is 0.889. The van der Waals surface area contributed by atoms with Crippen LogP contribution in [0.4, 0.5) is 0 Å². The Morgan fingerprint density at radius 2 is 0.850 bits per heavy atom. The van der Waals surface area contributed by atoms with Gasteiger partial charge in [-0.05, 0) is 68.2 Å². The van der Waals surface area contributed by atoms with Crippen molar-refractivity contribution in [3.8, 4) is 0 Å². The largest absolute Gasteiger partial charge is 0.292 e. The number of nitrogens with zero attached hydrogens (tertiary/aromatic N) is 2. The topological polar surface area (TPSA) is 6.48 Å². The highest BCUT2D eigenvalue weighted by molar-refractivity contribution is 5.08. The van der Waals surface area contributed by atoms with Crippen molar-refractivity contribution in [2.45, 2.75) is 104 Å². The Balaban J connectivity index is 2.77. The summed E-state index contributed by atoms with van der Waals surface area (Å²) in [5.41, 5.74) is 0. The first-order valence-corrected chi connectivity index (χ1v) is 8.48. The summed E-state index contributed by atoms with van der Waals surface area (Å²) >= 11 is 0. The van der Waals surface area contributed by atoms with Gasteiger partial charge < -0.3 is 0 Å². The molecule has 0 aliphatic heterocycles. The van der Waals surface area contributed by atoms with Crippen molar-refractivity contribution < 1.29 is 0 Å². The fourth-order valence-corrected chi connectivity index (χ4v) is 4.01. The molecule has 2 nitrogen and oxygen atoms in total. The van der Waals surface area contributed by atoms with Crippen molar-refractivity contribution in [3.63, 3.8) is 0 Å². The molecule has 0 aromatic carbocycles. The first-order valence-electron chi connectivity index (χ1n) is 8.48. The van der Waals surface area contributed by atoms with Gasteiger partial charge in [0.05, 0.1) is 0 Å². The molecule has 2 atom stereocenters. The summed E-state index contributed by atoms with van der Waals surface area (Å²) < 4.78 is 0. The van der Waals surface area contributed by atoms with Crippen LogP contribution in [0.25, 0.3) is 0 Å². The Bertz CT molecular complexity index is 259. The third-order valence-corrected chi connectivity index (χ3v) is 4.46. The van der Waals surface area contributed by atoms with Gasteiger partial charge >= 0.3 is 0 Å². The van der Waals surface area contributed by atoms with Crippen LogP contribution in [0.1, 0.15) is 68.2 Å². The molecule has 0 unspecified atom stereocenters. The fourth-order valence-electron chi connectivity index (χ4n) is 4.01. The van der Waals surface area contributed by atoms with Gasteiger partial charge in [0.2, 0.25) is 0 Å². The molecular formula is C18H36N2. The second-order valence-corrected chi connectivity index (χ2v) is 7.37. The molecule has 2 heteroatoms. The van der Waals surface area contributed by atoms with E-state index < -0.39 is 0 Å². The average Bonchev–Trinajstić information content (AvgIpc) is 2.29. The van der Waals surface area contributed by atoms with E-state index in [1.165, 1.54) is 12.8 Å². The zero-order valence-corrected chi connectivity index (χ0v) is 14.9. The zero-order chi connectivity index (χ0) is 15.4. The maximum Gasteiger partial charge on any atom is 0.0284 e. The molecule has 0 saturated carbocycles. The summed E-state index contributed by atoms with van der Waals surface area (Å²) in [5.74, 6) is 0. The molecule has 1 aliphatic carbocycles. The van der Waals surface area contributed by atoms with E-state index in [0.717, 1.165) is 0 Å². The molecule has 20 heavy (non-hydrogen) atoms. The minimum atomic E-state index is 0.618. The molecule has 0 fully saturated rings. The summed E-state index contributed by atoms with van der Waals surface area (Å²) in [7, 11) is 0. The molecule has 118 valence electrons. The summed E-state index contributed by atoms with van der Waals surface area (Å²) in [6.45, 7) is 18.5. The molecule has 0 radical (unpaired) electrons. The summed E-state index contributed by atoms with van der Waals surface area (Å²) in [6, 6.07) is 3.71. The van der Waals surface area contributed by atoms with E-state index in [-0.39, 0.29) is 0 Å². The van der Waals surface area contributed by atoms with Gasteiger partial charge in [0, 0.05) is 36.3 Å². The molecule has 0 saturated heterocycles. The minimum absolute atomic E-state index is 0.618. The van der Waals surface area contributed by atoms with Crippen molar-refractivity contribution in [1.29, 1.82) is 0 Å². The molecule has 0 spiro atoms. The van der Waals surface area contributed by atoms with Crippen LogP contribution in [0.5, 0.6) is 0 Å². The van der Waals surface area contributed by atoms with Gasteiger partial charge in [-0.2, -0.15) is 0 Å². The second kappa shape index (κ2) is 7.61. The van der Waals surface area contributed by atoms with Crippen LogP contribution >= 0.6 is 0 Å². The molecule has 0 aromatic rings. The van der Waals surface area contributed by atoms with Gasteiger partial charge in [-0.3, -0.25) is 9.80 Å². The van der Waals surface area contributed by atoms with Crippen molar-refractivity contribution in [1.82, 2.24) is 9.80 Å². The maximum absolute atomic E-state index is 2.64. The third kappa shape index (κ3) is 4.33. The highest BCUT2D eigenvalue weighted by Crippen LogP contribution is 2.26. The van der Waals surface area contributed by atoms with Gasteiger partial charge in [-0.1, -0.05) is 12.2 Å². The Morgan fingerprint density at radius 3 is 1.00 bits per heavy atom. The predicted molar refractivity (Wildman–Crippen MR) is 90.2 cm³/mol. The van der Waals surface area contributed by atoms with Crippen molar-refractivity contribution in [2.24, 2.45) is 0 Å². The first-order chi connectivity index (χ1) is 9.25. The lowest BCUT2D eigenvalue weighted by Crippen LogP contribution is -2.49.